The fourth-order valence-electron chi connectivity index (χ4n) is 2.50. The lowest BCUT2D eigenvalue weighted by Gasteiger charge is -2.07. The van der Waals surface area contributed by atoms with Crippen molar-refractivity contribution in [2.45, 2.75) is 6.92 Å². The summed E-state index contributed by atoms with van der Waals surface area (Å²) in [6.45, 7) is 1.79. The lowest BCUT2D eigenvalue weighted by Crippen LogP contribution is -2.27. The Morgan fingerprint density at radius 1 is 0.962 bits per heavy atom. The van der Waals surface area contributed by atoms with Crippen LogP contribution in [0.5, 0.6) is 0 Å². The normalized spacial score (nSPS) is 11.2. The van der Waals surface area contributed by atoms with Crippen LogP contribution >= 0.6 is 0 Å². The van der Waals surface area contributed by atoms with Crippen LogP contribution in [0.2, 0.25) is 0 Å². The molecule has 0 aliphatic rings. The highest BCUT2D eigenvalue weighted by Gasteiger charge is 2.15. The highest BCUT2D eigenvalue weighted by Crippen LogP contribution is 2.23. The van der Waals surface area contributed by atoms with Gasteiger partial charge in [0.1, 0.15) is 17.2 Å². The minimum atomic E-state index is -1.25. The molecule has 0 radical (unpaired) electrons. The molecule has 5 nitrogen and oxygen atoms in total. The first kappa shape index (κ1) is 17.2. The third-order valence-electron chi connectivity index (χ3n) is 3.84. The van der Waals surface area contributed by atoms with E-state index >= 15 is 0 Å². The van der Waals surface area contributed by atoms with Gasteiger partial charge in [0.2, 0.25) is 0 Å². The van der Waals surface area contributed by atoms with Gasteiger partial charge >= 0.3 is 5.97 Å². The molecule has 0 spiro atoms. The number of aliphatic carboxylic acids is 1. The number of furan rings is 1. The zero-order chi connectivity index (χ0) is 18.5. The molecule has 3 rings (SSSR count). The van der Waals surface area contributed by atoms with E-state index in [1.165, 1.54) is 6.08 Å². The summed E-state index contributed by atoms with van der Waals surface area (Å²) < 4.78 is 5.67. The monoisotopic (exact) mass is 347 g/mol. The number of carboxylic acid groups (broad SMARTS) is 1. The number of aryl methyl sites for hydroxylation is 1. The molecule has 2 aromatic carbocycles. The topological polar surface area (TPSA) is 79.5 Å². The van der Waals surface area contributed by atoms with E-state index in [0.29, 0.717) is 17.1 Å². The van der Waals surface area contributed by atoms with Gasteiger partial charge in [-0.2, -0.15) is 0 Å². The molecule has 0 bridgehead atoms. The zero-order valence-electron chi connectivity index (χ0n) is 14.1. The molecule has 0 aliphatic heterocycles. The number of rotatable bonds is 5. The molecular weight excluding hydrogens is 330 g/mol. The Balaban J connectivity index is 1.84. The van der Waals surface area contributed by atoms with Gasteiger partial charge in [0.05, 0.1) is 0 Å². The van der Waals surface area contributed by atoms with E-state index in [1.807, 2.05) is 36.4 Å². The molecule has 1 heterocycles. The fraction of sp³-hybridized carbons (Fsp3) is 0.0476. The molecule has 0 aliphatic carbocycles. The van der Waals surface area contributed by atoms with Crippen molar-refractivity contribution in [1.29, 1.82) is 0 Å². The highest BCUT2D eigenvalue weighted by atomic mass is 16.4. The molecular formula is C21H17NO4. The molecule has 0 fully saturated rings. The average molecular weight is 347 g/mol. The van der Waals surface area contributed by atoms with Gasteiger partial charge in [-0.1, -0.05) is 48.5 Å². The maximum absolute atomic E-state index is 12.4. The van der Waals surface area contributed by atoms with Crippen molar-refractivity contribution in [3.63, 3.8) is 0 Å². The molecule has 3 aromatic rings. The summed E-state index contributed by atoms with van der Waals surface area (Å²) in [7, 11) is 0. The van der Waals surface area contributed by atoms with Gasteiger partial charge in [-0.15, -0.1) is 0 Å². The summed E-state index contributed by atoms with van der Waals surface area (Å²) in [4.78, 5) is 23.9. The minimum absolute atomic E-state index is 0.257. The number of carboxylic acids is 1. The van der Waals surface area contributed by atoms with Gasteiger partial charge < -0.3 is 14.8 Å². The van der Waals surface area contributed by atoms with Crippen LogP contribution in [0.4, 0.5) is 0 Å². The van der Waals surface area contributed by atoms with Gasteiger partial charge in [0, 0.05) is 17.2 Å². The predicted octanol–water partition coefficient (Wildman–Crippen LogP) is 4.11. The second-order valence-electron chi connectivity index (χ2n) is 5.70. The number of carbonyl (C=O) groups is 2. The third kappa shape index (κ3) is 3.89. The number of nitrogens with one attached hydrogen (secondary N) is 1. The Morgan fingerprint density at radius 2 is 1.65 bits per heavy atom. The second kappa shape index (κ2) is 7.53. The van der Waals surface area contributed by atoms with E-state index in [4.69, 9.17) is 4.42 Å². The fourth-order valence-corrected chi connectivity index (χ4v) is 2.50. The van der Waals surface area contributed by atoms with Crippen LogP contribution in [-0.4, -0.2) is 17.0 Å². The quantitative estimate of drug-likeness (QED) is 0.681. The second-order valence-corrected chi connectivity index (χ2v) is 5.70. The third-order valence-corrected chi connectivity index (χ3v) is 3.84. The number of hydrogen-bond acceptors (Lipinski definition) is 3. The lowest BCUT2D eigenvalue weighted by atomic mass is 10.1. The predicted molar refractivity (Wildman–Crippen MR) is 98.4 cm³/mol. The van der Waals surface area contributed by atoms with Crippen LogP contribution in [0.25, 0.3) is 17.4 Å². The van der Waals surface area contributed by atoms with Crippen LogP contribution in [-0.2, 0) is 4.79 Å². The molecule has 2 N–H and O–H groups in total. The minimum Gasteiger partial charge on any atom is -0.477 e. The van der Waals surface area contributed by atoms with Crippen molar-refractivity contribution in [3.8, 4) is 11.3 Å². The zero-order valence-corrected chi connectivity index (χ0v) is 14.1. The first-order chi connectivity index (χ1) is 12.5. The smallest absolute Gasteiger partial charge is 0.352 e. The SMILES string of the molecule is Cc1ccccc1C(=O)NC(=Cc1ccc(-c2ccccc2)o1)C(=O)O. The summed E-state index contributed by atoms with van der Waals surface area (Å²) in [6, 6.07) is 19.8. The maximum Gasteiger partial charge on any atom is 0.352 e. The molecule has 5 heteroatoms. The van der Waals surface area contributed by atoms with Crippen LogP contribution in [0.1, 0.15) is 21.7 Å². The Bertz CT molecular complexity index is 970. The Kier molecular flexibility index (Phi) is 4.99. The molecule has 1 aromatic heterocycles. The molecule has 0 saturated heterocycles. The summed E-state index contributed by atoms with van der Waals surface area (Å²) >= 11 is 0. The molecule has 0 saturated carbocycles. The van der Waals surface area contributed by atoms with Crippen molar-refractivity contribution >= 4 is 18.0 Å². The summed E-state index contributed by atoms with van der Waals surface area (Å²) in [6.07, 6.45) is 1.30. The van der Waals surface area contributed by atoms with Gasteiger partial charge in [-0.3, -0.25) is 4.79 Å². The Hall–Kier alpha value is -3.60. The lowest BCUT2D eigenvalue weighted by molar-refractivity contribution is -0.132. The van der Waals surface area contributed by atoms with E-state index in [2.05, 4.69) is 5.32 Å². The van der Waals surface area contributed by atoms with Crippen molar-refractivity contribution in [2.75, 3.05) is 0 Å². The van der Waals surface area contributed by atoms with Crippen molar-refractivity contribution in [1.82, 2.24) is 5.32 Å². The molecule has 0 atom stereocenters. The van der Waals surface area contributed by atoms with Gasteiger partial charge in [0.25, 0.3) is 5.91 Å². The van der Waals surface area contributed by atoms with E-state index in [1.54, 1.807) is 37.3 Å². The highest BCUT2D eigenvalue weighted by molar-refractivity contribution is 6.03. The Morgan fingerprint density at radius 3 is 2.35 bits per heavy atom. The van der Waals surface area contributed by atoms with Gasteiger partial charge in [-0.25, -0.2) is 4.79 Å². The summed E-state index contributed by atoms with van der Waals surface area (Å²) in [5.74, 6) is -0.769. The van der Waals surface area contributed by atoms with Crippen molar-refractivity contribution < 1.29 is 19.1 Å². The van der Waals surface area contributed by atoms with Gasteiger partial charge in [-0.05, 0) is 30.7 Å². The van der Waals surface area contributed by atoms with Gasteiger partial charge in [0.15, 0.2) is 0 Å². The van der Waals surface area contributed by atoms with E-state index in [0.717, 1.165) is 11.1 Å². The number of hydrogen-bond donors (Lipinski definition) is 2. The van der Waals surface area contributed by atoms with Crippen molar-refractivity contribution in [2.24, 2.45) is 0 Å². The van der Waals surface area contributed by atoms with Crippen molar-refractivity contribution in [3.05, 3.63) is 89.3 Å². The molecule has 26 heavy (non-hydrogen) atoms. The van der Waals surface area contributed by atoms with E-state index < -0.39 is 11.9 Å². The first-order valence-corrected chi connectivity index (χ1v) is 8.02. The number of amides is 1. The van der Waals surface area contributed by atoms with Crippen LogP contribution in [0.3, 0.4) is 0 Å². The van der Waals surface area contributed by atoms with E-state index in [9.17, 15) is 14.7 Å². The van der Waals surface area contributed by atoms with Crippen LogP contribution < -0.4 is 5.32 Å². The summed E-state index contributed by atoms with van der Waals surface area (Å²) in [5.41, 5.74) is 1.81. The number of carbonyl (C=O) groups excluding carboxylic acids is 1. The molecule has 1 amide bonds. The first-order valence-electron chi connectivity index (χ1n) is 8.02. The average Bonchev–Trinajstić information content (AvgIpc) is 3.11. The van der Waals surface area contributed by atoms with E-state index in [-0.39, 0.29) is 5.70 Å². The standard InChI is InChI=1S/C21H17NO4/c1-14-7-5-6-10-17(14)20(23)22-18(21(24)25)13-16-11-12-19(26-16)15-8-3-2-4-9-15/h2-13H,1H3,(H,22,23)(H,24,25). The summed E-state index contributed by atoms with van der Waals surface area (Å²) in [5, 5.41) is 11.8. The Labute approximate surface area is 150 Å². The molecule has 0 unspecified atom stereocenters. The van der Waals surface area contributed by atoms with Crippen LogP contribution in [0.15, 0.2) is 76.8 Å². The number of benzene rings is 2. The largest absolute Gasteiger partial charge is 0.477 e. The maximum atomic E-state index is 12.4. The molecule has 130 valence electrons. The van der Waals surface area contributed by atoms with Crippen LogP contribution in [0, 0.1) is 6.92 Å².